The highest BCUT2D eigenvalue weighted by Crippen LogP contribution is 2.11. The van der Waals surface area contributed by atoms with Crippen molar-refractivity contribution in [2.24, 2.45) is 0 Å². The highest BCUT2D eigenvalue weighted by molar-refractivity contribution is 5.92. The van der Waals surface area contributed by atoms with Gasteiger partial charge in [0.25, 0.3) is 0 Å². The Labute approximate surface area is 82.3 Å². The molecule has 5 nitrogen and oxygen atoms in total. The fourth-order valence-electron chi connectivity index (χ4n) is 1.13. The molecule has 14 heavy (non-hydrogen) atoms. The molecule has 1 aliphatic heterocycles. The van der Waals surface area contributed by atoms with E-state index in [2.05, 4.69) is 4.74 Å². The van der Waals surface area contributed by atoms with Gasteiger partial charge in [-0.3, -0.25) is 9.59 Å². The molecule has 0 saturated carbocycles. The average molecular weight is 199 g/mol. The number of esters is 2. The first kappa shape index (κ1) is 10.6. The monoisotopic (exact) mass is 199 g/mol. The minimum atomic E-state index is -0.586. The minimum absolute atomic E-state index is 0.297. The third kappa shape index (κ3) is 2.48. The Hall–Kier alpha value is -1.52. The Morgan fingerprint density at radius 2 is 1.93 bits per heavy atom. The van der Waals surface area contributed by atoms with Gasteiger partial charge in [-0.05, 0) is 13.8 Å². The van der Waals surface area contributed by atoms with Crippen molar-refractivity contribution in [3.63, 3.8) is 0 Å². The predicted octanol–water partition coefficient (Wildman–Crippen LogP) is 0.617. The molecule has 0 N–H and O–H groups in total. The largest absolute Gasteiger partial charge is 0.428 e. The first-order chi connectivity index (χ1) is 6.67. The van der Waals surface area contributed by atoms with E-state index in [1.165, 1.54) is 6.26 Å². The van der Waals surface area contributed by atoms with Gasteiger partial charge >= 0.3 is 11.9 Å². The maximum atomic E-state index is 11.0. The summed E-state index contributed by atoms with van der Waals surface area (Å²) in [6.07, 6.45) is 0.849. The summed E-state index contributed by atoms with van der Waals surface area (Å²) in [6, 6.07) is 0. The SMILES string of the molecule is CCN(CC)C1=COC(=O)CC(=O)O1. The smallest absolute Gasteiger partial charge is 0.323 e. The fourth-order valence-corrected chi connectivity index (χ4v) is 1.13. The van der Waals surface area contributed by atoms with Gasteiger partial charge in [0.15, 0.2) is 6.26 Å². The first-order valence-electron chi connectivity index (χ1n) is 4.52. The second-order valence-corrected chi connectivity index (χ2v) is 2.77. The van der Waals surface area contributed by atoms with Crippen molar-refractivity contribution in [2.75, 3.05) is 13.1 Å². The number of ether oxygens (including phenoxy) is 2. The molecule has 0 amide bonds. The third-order valence-electron chi connectivity index (χ3n) is 1.87. The summed E-state index contributed by atoms with van der Waals surface area (Å²) in [6.45, 7) is 5.22. The fraction of sp³-hybridized carbons (Fsp3) is 0.556. The van der Waals surface area contributed by atoms with Gasteiger partial charge in [-0.1, -0.05) is 0 Å². The van der Waals surface area contributed by atoms with Crippen molar-refractivity contribution >= 4 is 11.9 Å². The predicted molar refractivity (Wildman–Crippen MR) is 47.8 cm³/mol. The van der Waals surface area contributed by atoms with Gasteiger partial charge in [0.2, 0.25) is 5.88 Å². The van der Waals surface area contributed by atoms with Crippen molar-refractivity contribution < 1.29 is 19.1 Å². The van der Waals surface area contributed by atoms with Crippen LogP contribution in [0.2, 0.25) is 0 Å². The number of hydrogen-bond acceptors (Lipinski definition) is 5. The van der Waals surface area contributed by atoms with Crippen LogP contribution in [-0.2, 0) is 19.1 Å². The lowest BCUT2D eigenvalue weighted by molar-refractivity contribution is -0.147. The maximum Gasteiger partial charge on any atom is 0.323 e. The Bertz CT molecular complexity index is 268. The van der Waals surface area contributed by atoms with Crippen molar-refractivity contribution in [1.82, 2.24) is 4.90 Å². The molecule has 78 valence electrons. The molecule has 0 aromatic heterocycles. The van der Waals surface area contributed by atoms with Crippen LogP contribution in [0.1, 0.15) is 20.3 Å². The van der Waals surface area contributed by atoms with Crippen LogP contribution in [0.25, 0.3) is 0 Å². The van der Waals surface area contributed by atoms with E-state index in [0.717, 1.165) is 0 Å². The van der Waals surface area contributed by atoms with Gasteiger partial charge in [0.1, 0.15) is 6.42 Å². The maximum absolute atomic E-state index is 11.0. The zero-order chi connectivity index (χ0) is 10.6. The normalized spacial score (nSPS) is 16.6. The molecule has 0 fully saturated rings. The molecule has 0 unspecified atom stereocenters. The van der Waals surface area contributed by atoms with E-state index < -0.39 is 11.9 Å². The van der Waals surface area contributed by atoms with E-state index in [1.54, 1.807) is 4.90 Å². The molecule has 5 heteroatoms. The van der Waals surface area contributed by atoms with Gasteiger partial charge in [0.05, 0.1) is 0 Å². The third-order valence-corrected chi connectivity index (χ3v) is 1.87. The van der Waals surface area contributed by atoms with Crippen molar-refractivity contribution in [2.45, 2.75) is 20.3 Å². The van der Waals surface area contributed by atoms with E-state index in [9.17, 15) is 9.59 Å². The Kier molecular flexibility index (Phi) is 3.50. The van der Waals surface area contributed by atoms with Crippen LogP contribution in [0.4, 0.5) is 0 Å². The number of hydrogen-bond donors (Lipinski definition) is 0. The summed E-state index contributed by atoms with van der Waals surface area (Å²) in [5.74, 6) is -0.867. The lowest BCUT2D eigenvalue weighted by Crippen LogP contribution is -2.25. The number of rotatable bonds is 3. The van der Waals surface area contributed by atoms with Gasteiger partial charge in [-0.2, -0.15) is 0 Å². The van der Waals surface area contributed by atoms with Gasteiger partial charge in [-0.15, -0.1) is 0 Å². The van der Waals surface area contributed by atoms with E-state index in [4.69, 9.17) is 4.74 Å². The van der Waals surface area contributed by atoms with Crippen molar-refractivity contribution in [1.29, 1.82) is 0 Å². The standard InChI is InChI=1S/C9H13NO4/c1-3-10(4-2)7-6-13-8(11)5-9(12)14-7/h6H,3-5H2,1-2H3. The van der Waals surface area contributed by atoms with E-state index in [0.29, 0.717) is 19.0 Å². The number of carbonyl (C=O) groups is 2. The van der Waals surface area contributed by atoms with Crippen molar-refractivity contribution in [3.8, 4) is 0 Å². The van der Waals surface area contributed by atoms with Crippen LogP contribution in [-0.4, -0.2) is 29.9 Å². The summed E-state index contributed by atoms with van der Waals surface area (Å²) in [5, 5.41) is 0. The lowest BCUT2D eigenvalue weighted by Gasteiger charge is -2.21. The molecule has 1 aliphatic rings. The van der Waals surface area contributed by atoms with Crippen LogP contribution in [0.5, 0.6) is 0 Å². The van der Waals surface area contributed by atoms with E-state index >= 15 is 0 Å². The molecule has 0 aromatic rings. The molecular formula is C9H13NO4. The number of carbonyl (C=O) groups excluding carboxylic acids is 2. The van der Waals surface area contributed by atoms with Crippen LogP contribution in [0.3, 0.4) is 0 Å². The summed E-state index contributed by atoms with van der Waals surface area (Å²) >= 11 is 0. The highest BCUT2D eigenvalue weighted by atomic mass is 16.6. The molecule has 0 spiro atoms. The molecule has 1 rings (SSSR count). The van der Waals surface area contributed by atoms with Crippen LogP contribution < -0.4 is 0 Å². The second kappa shape index (κ2) is 4.64. The molecule has 0 aliphatic carbocycles. The zero-order valence-corrected chi connectivity index (χ0v) is 8.28. The molecule has 0 atom stereocenters. The van der Waals surface area contributed by atoms with Crippen molar-refractivity contribution in [3.05, 3.63) is 12.1 Å². The average Bonchev–Trinajstić information content (AvgIpc) is 2.30. The Morgan fingerprint density at radius 3 is 2.50 bits per heavy atom. The number of nitrogens with zero attached hydrogens (tertiary/aromatic N) is 1. The quantitative estimate of drug-likeness (QED) is 0.492. The van der Waals surface area contributed by atoms with E-state index in [-0.39, 0.29) is 6.42 Å². The second-order valence-electron chi connectivity index (χ2n) is 2.77. The summed E-state index contributed by atoms with van der Waals surface area (Å²) in [5.41, 5.74) is 0. The first-order valence-corrected chi connectivity index (χ1v) is 4.52. The van der Waals surface area contributed by atoms with Gasteiger partial charge in [-0.25, -0.2) is 0 Å². The van der Waals surface area contributed by atoms with Gasteiger partial charge in [0, 0.05) is 13.1 Å². The van der Waals surface area contributed by atoms with Gasteiger partial charge < -0.3 is 14.4 Å². The molecule has 0 saturated heterocycles. The topological polar surface area (TPSA) is 55.8 Å². The van der Waals surface area contributed by atoms with Crippen LogP contribution >= 0.6 is 0 Å². The molecule has 1 heterocycles. The molecular weight excluding hydrogens is 186 g/mol. The molecule has 0 radical (unpaired) electrons. The molecule has 0 bridgehead atoms. The highest BCUT2D eigenvalue weighted by Gasteiger charge is 2.21. The molecule has 0 aromatic carbocycles. The zero-order valence-electron chi connectivity index (χ0n) is 8.28. The Morgan fingerprint density at radius 1 is 1.29 bits per heavy atom. The number of cyclic esters (lactones) is 2. The van der Waals surface area contributed by atoms with Crippen LogP contribution in [0, 0.1) is 0 Å². The Balaban J connectivity index is 2.76. The van der Waals surface area contributed by atoms with Crippen LogP contribution in [0.15, 0.2) is 12.1 Å². The summed E-state index contributed by atoms with van der Waals surface area (Å²) in [7, 11) is 0. The summed E-state index contributed by atoms with van der Waals surface area (Å²) in [4.78, 5) is 23.7. The minimum Gasteiger partial charge on any atom is -0.428 e. The lowest BCUT2D eigenvalue weighted by atomic mass is 10.4. The van der Waals surface area contributed by atoms with E-state index in [1.807, 2.05) is 13.8 Å². The summed E-state index contributed by atoms with van der Waals surface area (Å²) < 4.78 is 9.61.